The summed E-state index contributed by atoms with van der Waals surface area (Å²) in [5.74, 6) is 0.112. The van der Waals surface area contributed by atoms with Crippen LogP contribution in [0.15, 0.2) is 22.7 Å². The Morgan fingerprint density at radius 1 is 1.42 bits per heavy atom. The molecule has 0 aliphatic carbocycles. The molecule has 2 fully saturated rings. The van der Waals surface area contributed by atoms with Crippen LogP contribution in [0.5, 0.6) is 5.75 Å². The van der Waals surface area contributed by atoms with Crippen molar-refractivity contribution in [3.05, 3.63) is 28.5 Å². The first-order valence-corrected chi connectivity index (χ1v) is 9.22. The predicted molar refractivity (Wildman–Crippen MR) is 90.7 cm³/mol. The number of quaternary nitrogens is 1. The Balaban J connectivity index is 1.41. The predicted octanol–water partition coefficient (Wildman–Crippen LogP) is 0.873. The Labute approximate surface area is 149 Å². The van der Waals surface area contributed by atoms with E-state index < -0.39 is 0 Å². The number of piperazine rings is 1. The quantitative estimate of drug-likeness (QED) is 0.795. The van der Waals surface area contributed by atoms with Gasteiger partial charge in [-0.15, -0.1) is 0 Å². The van der Waals surface area contributed by atoms with Gasteiger partial charge in [0, 0.05) is 6.61 Å². The summed E-state index contributed by atoms with van der Waals surface area (Å²) < 4.78 is 24.8. The molecule has 5 nitrogen and oxygen atoms in total. The Morgan fingerprint density at radius 2 is 2.21 bits per heavy atom. The number of nitrogens with zero attached hydrogens (tertiary/aromatic N) is 1. The van der Waals surface area contributed by atoms with Crippen molar-refractivity contribution in [1.82, 2.24) is 4.90 Å². The Kier molecular flexibility index (Phi) is 6.08. The number of rotatable bonds is 5. The molecule has 2 heterocycles. The van der Waals surface area contributed by atoms with E-state index in [0.29, 0.717) is 16.3 Å². The molecule has 0 saturated carbocycles. The van der Waals surface area contributed by atoms with E-state index in [-0.39, 0.29) is 18.3 Å². The van der Waals surface area contributed by atoms with Crippen molar-refractivity contribution in [2.24, 2.45) is 0 Å². The zero-order valence-electron chi connectivity index (χ0n) is 13.6. The maximum atomic E-state index is 13.0. The van der Waals surface area contributed by atoms with Gasteiger partial charge in [-0.25, -0.2) is 4.39 Å². The monoisotopic (exact) mass is 401 g/mol. The summed E-state index contributed by atoms with van der Waals surface area (Å²) in [5.41, 5.74) is 0. The lowest BCUT2D eigenvalue weighted by atomic mass is 10.2. The first kappa shape index (κ1) is 17.6. The SMILES string of the molecule is O=C(COc1ccc(F)cc1Br)N1CC[NH+](C[C@H]2CCCO2)CC1. The van der Waals surface area contributed by atoms with E-state index >= 15 is 0 Å². The molecule has 0 radical (unpaired) electrons. The van der Waals surface area contributed by atoms with Gasteiger partial charge in [0.15, 0.2) is 6.61 Å². The molecule has 0 spiro atoms. The van der Waals surface area contributed by atoms with E-state index in [1.807, 2.05) is 4.90 Å². The van der Waals surface area contributed by atoms with Gasteiger partial charge in [-0.1, -0.05) is 0 Å². The second-order valence-electron chi connectivity index (χ2n) is 6.33. The largest absolute Gasteiger partial charge is 0.483 e. The van der Waals surface area contributed by atoms with Crippen LogP contribution in [0.3, 0.4) is 0 Å². The molecule has 0 unspecified atom stereocenters. The van der Waals surface area contributed by atoms with Crippen molar-refractivity contribution in [2.75, 3.05) is 45.9 Å². The highest BCUT2D eigenvalue weighted by Crippen LogP contribution is 2.25. The molecule has 7 heteroatoms. The highest BCUT2D eigenvalue weighted by molar-refractivity contribution is 9.10. The van der Waals surface area contributed by atoms with Gasteiger partial charge in [-0.3, -0.25) is 4.79 Å². The number of halogens is 2. The Morgan fingerprint density at radius 3 is 2.88 bits per heavy atom. The van der Waals surface area contributed by atoms with E-state index in [4.69, 9.17) is 9.47 Å². The summed E-state index contributed by atoms with van der Waals surface area (Å²) in [5, 5.41) is 0. The summed E-state index contributed by atoms with van der Waals surface area (Å²) in [7, 11) is 0. The van der Waals surface area contributed by atoms with Crippen LogP contribution in [0.1, 0.15) is 12.8 Å². The molecule has 1 N–H and O–H groups in total. The highest BCUT2D eigenvalue weighted by atomic mass is 79.9. The highest BCUT2D eigenvalue weighted by Gasteiger charge is 2.27. The van der Waals surface area contributed by atoms with Crippen LogP contribution in [-0.2, 0) is 9.53 Å². The summed E-state index contributed by atoms with van der Waals surface area (Å²) in [4.78, 5) is 15.6. The third kappa shape index (κ3) is 4.68. The normalized spacial score (nSPS) is 21.9. The smallest absolute Gasteiger partial charge is 0.260 e. The van der Waals surface area contributed by atoms with Crippen molar-refractivity contribution in [1.29, 1.82) is 0 Å². The van der Waals surface area contributed by atoms with Gasteiger partial charge in [-0.05, 0) is 47.0 Å². The van der Waals surface area contributed by atoms with Gasteiger partial charge in [0.1, 0.15) is 24.2 Å². The minimum Gasteiger partial charge on any atom is -0.483 e. The van der Waals surface area contributed by atoms with Crippen LogP contribution in [-0.4, -0.2) is 62.8 Å². The lowest BCUT2D eigenvalue weighted by Crippen LogP contribution is -3.15. The van der Waals surface area contributed by atoms with Crippen molar-refractivity contribution >= 4 is 21.8 Å². The topological polar surface area (TPSA) is 43.2 Å². The van der Waals surface area contributed by atoms with Gasteiger partial charge in [0.2, 0.25) is 0 Å². The van der Waals surface area contributed by atoms with Gasteiger partial charge in [0.25, 0.3) is 5.91 Å². The van der Waals surface area contributed by atoms with Gasteiger partial charge in [-0.2, -0.15) is 0 Å². The van der Waals surface area contributed by atoms with E-state index in [9.17, 15) is 9.18 Å². The molecule has 0 aromatic heterocycles. The number of hydrogen-bond donors (Lipinski definition) is 1. The second-order valence-corrected chi connectivity index (χ2v) is 7.19. The van der Waals surface area contributed by atoms with Crippen molar-refractivity contribution in [3.63, 3.8) is 0 Å². The zero-order chi connectivity index (χ0) is 16.9. The fraction of sp³-hybridized carbons (Fsp3) is 0.588. The molecule has 2 aliphatic rings. The third-order valence-corrected chi connectivity index (χ3v) is 5.23. The van der Waals surface area contributed by atoms with Crippen molar-refractivity contribution in [3.8, 4) is 5.75 Å². The first-order valence-electron chi connectivity index (χ1n) is 8.42. The zero-order valence-corrected chi connectivity index (χ0v) is 15.2. The maximum absolute atomic E-state index is 13.0. The molecule has 2 saturated heterocycles. The molecular weight excluding hydrogens is 379 g/mol. The van der Waals surface area contributed by atoms with Crippen LogP contribution >= 0.6 is 15.9 Å². The van der Waals surface area contributed by atoms with E-state index in [2.05, 4.69) is 15.9 Å². The van der Waals surface area contributed by atoms with E-state index in [1.54, 1.807) is 0 Å². The number of nitrogens with one attached hydrogen (secondary N) is 1. The minimum absolute atomic E-state index is 0.0225. The summed E-state index contributed by atoms with van der Waals surface area (Å²) in [6.07, 6.45) is 2.71. The number of carbonyl (C=O) groups is 1. The standard InChI is InChI=1S/C17H22BrFN2O3/c18-15-10-13(19)3-4-16(15)24-12-17(22)21-7-5-20(6-8-21)11-14-2-1-9-23-14/h3-4,10,14H,1-2,5-9,11-12H2/p+1/t14-/m1/s1. The summed E-state index contributed by atoms with van der Waals surface area (Å²) in [6, 6.07) is 4.17. The molecular formula is C17H23BrFN2O3+. The van der Waals surface area contributed by atoms with Crippen molar-refractivity contribution < 1.29 is 23.6 Å². The molecule has 1 amide bonds. The fourth-order valence-corrected chi connectivity index (χ4v) is 3.69. The molecule has 132 valence electrons. The van der Waals surface area contributed by atoms with Gasteiger partial charge in [0.05, 0.1) is 30.7 Å². The molecule has 1 aromatic rings. The van der Waals surface area contributed by atoms with Crippen LogP contribution < -0.4 is 9.64 Å². The number of ether oxygens (including phenoxy) is 2. The average molecular weight is 402 g/mol. The molecule has 1 aromatic carbocycles. The number of hydrogen-bond acceptors (Lipinski definition) is 3. The maximum Gasteiger partial charge on any atom is 0.260 e. The Hall–Kier alpha value is -1.18. The van der Waals surface area contributed by atoms with E-state index in [1.165, 1.54) is 29.5 Å². The molecule has 0 bridgehead atoms. The third-order valence-electron chi connectivity index (χ3n) is 4.61. The first-order chi connectivity index (χ1) is 11.6. The lowest BCUT2D eigenvalue weighted by Gasteiger charge is -2.33. The second kappa shape index (κ2) is 8.27. The van der Waals surface area contributed by atoms with Crippen LogP contribution in [0.2, 0.25) is 0 Å². The summed E-state index contributed by atoms with van der Waals surface area (Å²) in [6.45, 7) is 5.30. The van der Waals surface area contributed by atoms with Crippen LogP contribution in [0.25, 0.3) is 0 Å². The molecule has 3 rings (SSSR count). The number of amides is 1. The van der Waals surface area contributed by atoms with Crippen molar-refractivity contribution in [2.45, 2.75) is 18.9 Å². The summed E-state index contributed by atoms with van der Waals surface area (Å²) >= 11 is 3.24. The number of carbonyl (C=O) groups excluding carboxylic acids is 1. The Bertz CT molecular complexity index is 573. The molecule has 2 aliphatic heterocycles. The van der Waals surface area contributed by atoms with Gasteiger partial charge < -0.3 is 19.3 Å². The average Bonchev–Trinajstić information content (AvgIpc) is 3.07. The minimum atomic E-state index is -0.342. The lowest BCUT2D eigenvalue weighted by molar-refractivity contribution is -0.906. The van der Waals surface area contributed by atoms with Crippen LogP contribution in [0, 0.1) is 5.82 Å². The van der Waals surface area contributed by atoms with Gasteiger partial charge >= 0.3 is 0 Å². The molecule has 24 heavy (non-hydrogen) atoms. The molecule has 1 atom stereocenters. The fourth-order valence-electron chi connectivity index (χ4n) is 3.23. The van der Waals surface area contributed by atoms with Crippen LogP contribution in [0.4, 0.5) is 4.39 Å². The number of benzene rings is 1. The van der Waals surface area contributed by atoms with E-state index in [0.717, 1.165) is 45.8 Å².